The van der Waals surface area contributed by atoms with Crippen LogP contribution in [0, 0.1) is 24.0 Å². The molecule has 0 aliphatic carbocycles. The van der Waals surface area contributed by atoms with Crippen LogP contribution in [0.3, 0.4) is 0 Å². The van der Waals surface area contributed by atoms with Crippen molar-refractivity contribution in [1.82, 2.24) is 19.7 Å². The summed E-state index contributed by atoms with van der Waals surface area (Å²) in [5, 5.41) is 24.9. The Labute approximate surface area is 191 Å². The van der Waals surface area contributed by atoms with Gasteiger partial charge in [-0.25, -0.2) is 4.98 Å². The van der Waals surface area contributed by atoms with Crippen molar-refractivity contribution in [3.05, 3.63) is 75.4 Å². The number of nitro benzene ring substituents is 1. The summed E-state index contributed by atoms with van der Waals surface area (Å²) in [4.78, 5) is 27.4. The van der Waals surface area contributed by atoms with Crippen LogP contribution in [0.1, 0.15) is 11.4 Å². The number of carbonyl (C=O) groups is 1. The fourth-order valence-electron chi connectivity index (χ4n) is 3.06. The topological polar surface area (TPSA) is 116 Å². The summed E-state index contributed by atoms with van der Waals surface area (Å²) in [6.07, 6.45) is 0. The highest BCUT2D eigenvalue weighted by Gasteiger charge is 2.16. The van der Waals surface area contributed by atoms with Crippen LogP contribution in [0.2, 0.25) is 0 Å². The van der Waals surface area contributed by atoms with Crippen LogP contribution in [0.4, 0.5) is 10.8 Å². The molecule has 0 bridgehead atoms. The van der Waals surface area contributed by atoms with Crippen molar-refractivity contribution in [2.45, 2.75) is 19.0 Å². The molecule has 4 rings (SSSR count). The lowest BCUT2D eigenvalue weighted by Gasteiger charge is -2.10. The highest BCUT2D eigenvalue weighted by atomic mass is 32.2. The molecule has 0 aliphatic rings. The van der Waals surface area contributed by atoms with E-state index in [0.717, 1.165) is 17.1 Å². The van der Waals surface area contributed by atoms with E-state index in [4.69, 9.17) is 0 Å². The summed E-state index contributed by atoms with van der Waals surface area (Å²) in [6, 6.07) is 14.1. The number of nitro groups is 1. The van der Waals surface area contributed by atoms with Crippen molar-refractivity contribution >= 4 is 39.8 Å². The molecule has 0 fully saturated rings. The highest BCUT2D eigenvalue weighted by Crippen LogP contribution is 2.28. The minimum atomic E-state index is -0.451. The van der Waals surface area contributed by atoms with Crippen molar-refractivity contribution < 1.29 is 9.72 Å². The van der Waals surface area contributed by atoms with E-state index in [0.29, 0.717) is 21.5 Å². The Morgan fingerprint density at radius 2 is 2.00 bits per heavy atom. The first-order chi connectivity index (χ1) is 15.4. The number of thioether (sulfide) groups is 1. The Hall–Kier alpha value is -3.57. The second-order valence-electron chi connectivity index (χ2n) is 6.83. The lowest BCUT2D eigenvalue weighted by Crippen LogP contribution is -2.14. The van der Waals surface area contributed by atoms with Crippen molar-refractivity contribution in [2.24, 2.45) is 0 Å². The lowest BCUT2D eigenvalue weighted by atomic mass is 10.1. The Bertz CT molecular complexity index is 1300. The highest BCUT2D eigenvalue weighted by molar-refractivity contribution is 7.99. The van der Waals surface area contributed by atoms with E-state index in [1.807, 2.05) is 42.7 Å². The summed E-state index contributed by atoms with van der Waals surface area (Å²) in [5.41, 5.74) is 3.23. The van der Waals surface area contributed by atoms with E-state index in [1.165, 1.54) is 35.2 Å². The van der Waals surface area contributed by atoms with E-state index < -0.39 is 4.92 Å². The molecule has 0 aliphatic heterocycles. The van der Waals surface area contributed by atoms with Gasteiger partial charge < -0.3 is 5.32 Å². The van der Waals surface area contributed by atoms with Gasteiger partial charge in [-0.05, 0) is 25.5 Å². The zero-order valence-electron chi connectivity index (χ0n) is 17.2. The van der Waals surface area contributed by atoms with Crippen LogP contribution in [0.25, 0.3) is 16.9 Å². The Balaban J connectivity index is 1.43. The molecule has 0 saturated heterocycles. The number of hydrogen-bond donors (Lipinski definition) is 1. The van der Waals surface area contributed by atoms with Crippen molar-refractivity contribution in [1.29, 1.82) is 0 Å². The smallest absolute Gasteiger partial charge is 0.270 e. The molecule has 32 heavy (non-hydrogen) atoms. The quantitative estimate of drug-likeness (QED) is 0.239. The largest absolute Gasteiger partial charge is 0.301 e. The molecule has 0 saturated carbocycles. The molecule has 9 nitrogen and oxygen atoms in total. The van der Waals surface area contributed by atoms with Gasteiger partial charge in [0.25, 0.3) is 5.69 Å². The zero-order valence-corrected chi connectivity index (χ0v) is 18.8. The van der Waals surface area contributed by atoms with Crippen LogP contribution in [0.5, 0.6) is 0 Å². The van der Waals surface area contributed by atoms with E-state index in [2.05, 4.69) is 20.5 Å². The fraction of sp³-hybridized carbons (Fsp3) is 0.143. The number of aryl methyl sites for hydroxylation is 2. The Morgan fingerprint density at radius 3 is 2.78 bits per heavy atom. The van der Waals surface area contributed by atoms with Crippen LogP contribution in [-0.2, 0) is 4.79 Å². The van der Waals surface area contributed by atoms with Gasteiger partial charge in [-0.2, -0.15) is 0 Å². The number of thiazole rings is 1. The average Bonchev–Trinajstić information content (AvgIpc) is 3.39. The summed E-state index contributed by atoms with van der Waals surface area (Å²) < 4.78 is 1.93. The number of benzene rings is 2. The number of carbonyl (C=O) groups excluding carboxylic acids is 1. The van der Waals surface area contributed by atoms with Gasteiger partial charge in [-0.15, -0.1) is 21.5 Å². The van der Waals surface area contributed by atoms with E-state index >= 15 is 0 Å². The number of non-ortho nitro benzene ring substituents is 1. The molecule has 1 N–H and O–H groups in total. The number of aromatic nitrogens is 4. The maximum atomic E-state index is 12.5. The van der Waals surface area contributed by atoms with E-state index in [-0.39, 0.29) is 17.3 Å². The molecule has 2 aromatic heterocycles. The number of amides is 1. The van der Waals surface area contributed by atoms with Gasteiger partial charge in [0.2, 0.25) is 5.91 Å². The first-order valence-electron chi connectivity index (χ1n) is 9.53. The van der Waals surface area contributed by atoms with Gasteiger partial charge in [0, 0.05) is 23.1 Å². The SMILES string of the molecule is Cc1ccccc1-n1c(C)nnc1SCC(=O)Nc1nc(-c2cccc([N+](=O)[O-])c2)cs1. The van der Waals surface area contributed by atoms with Gasteiger partial charge in [0.05, 0.1) is 22.1 Å². The maximum Gasteiger partial charge on any atom is 0.270 e. The standard InChI is InChI=1S/C21H18N6O3S2/c1-13-6-3-4-9-18(13)26-14(2)24-25-21(26)32-12-19(28)23-20-22-17(11-31-20)15-7-5-8-16(10-15)27(29)30/h3-11H,12H2,1-2H3,(H,22,23,28). The summed E-state index contributed by atoms with van der Waals surface area (Å²) >= 11 is 2.55. The monoisotopic (exact) mass is 466 g/mol. The summed E-state index contributed by atoms with van der Waals surface area (Å²) in [7, 11) is 0. The first kappa shape index (κ1) is 21.7. The third-order valence-electron chi connectivity index (χ3n) is 4.59. The molecule has 0 atom stereocenters. The number of anilines is 1. The fourth-order valence-corrected chi connectivity index (χ4v) is 4.58. The third kappa shape index (κ3) is 4.68. The number of hydrogen-bond acceptors (Lipinski definition) is 8. The van der Waals surface area contributed by atoms with Crippen molar-refractivity contribution in [2.75, 3.05) is 11.1 Å². The summed E-state index contributed by atoms with van der Waals surface area (Å²) in [5.74, 6) is 0.645. The molecule has 2 aromatic carbocycles. The van der Waals surface area contributed by atoms with Gasteiger partial charge in [-0.1, -0.05) is 42.1 Å². The minimum Gasteiger partial charge on any atom is -0.301 e. The van der Waals surface area contributed by atoms with Gasteiger partial charge in [0.1, 0.15) is 5.82 Å². The maximum absolute atomic E-state index is 12.5. The Morgan fingerprint density at radius 1 is 1.19 bits per heavy atom. The second kappa shape index (κ2) is 9.28. The molecule has 1 amide bonds. The first-order valence-corrected chi connectivity index (χ1v) is 11.4. The minimum absolute atomic E-state index is 0.00876. The van der Waals surface area contributed by atoms with Crippen molar-refractivity contribution in [3.8, 4) is 16.9 Å². The number of nitrogens with zero attached hydrogens (tertiary/aromatic N) is 5. The second-order valence-corrected chi connectivity index (χ2v) is 8.63. The molecular weight excluding hydrogens is 448 g/mol. The lowest BCUT2D eigenvalue weighted by molar-refractivity contribution is -0.384. The van der Waals surface area contributed by atoms with E-state index in [9.17, 15) is 14.9 Å². The third-order valence-corrected chi connectivity index (χ3v) is 6.27. The van der Waals surface area contributed by atoms with Crippen LogP contribution in [0.15, 0.2) is 59.1 Å². The molecular formula is C21H18N6O3S2. The summed E-state index contributed by atoms with van der Waals surface area (Å²) in [6.45, 7) is 3.88. The molecule has 4 aromatic rings. The van der Waals surface area contributed by atoms with E-state index in [1.54, 1.807) is 17.5 Å². The van der Waals surface area contributed by atoms with Crippen LogP contribution in [-0.4, -0.2) is 36.3 Å². The van der Waals surface area contributed by atoms with Crippen LogP contribution < -0.4 is 5.32 Å². The van der Waals surface area contributed by atoms with Gasteiger partial charge in [0.15, 0.2) is 10.3 Å². The molecule has 0 radical (unpaired) electrons. The molecule has 0 spiro atoms. The average molecular weight is 467 g/mol. The molecule has 0 unspecified atom stereocenters. The zero-order chi connectivity index (χ0) is 22.7. The predicted molar refractivity (Wildman–Crippen MR) is 124 cm³/mol. The number of rotatable bonds is 7. The molecule has 11 heteroatoms. The van der Waals surface area contributed by atoms with Crippen molar-refractivity contribution in [3.63, 3.8) is 0 Å². The molecule has 162 valence electrons. The number of nitrogens with one attached hydrogen (secondary N) is 1. The predicted octanol–water partition coefficient (Wildman–Crippen LogP) is 4.65. The van der Waals surface area contributed by atoms with Gasteiger partial charge in [-0.3, -0.25) is 19.5 Å². The Kier molecular flexibility index (Phi) is 6.28. The molecule has 2 heterocycles. The number of para-hydroxylation sites is 1. The normalized spacial score (nSPS) is 10.8. The van der Waals surface area contributed by atoms with Crippen LogP contribution >= 0.6 is 23.1 Å². The van der Waals surface area contributed by atoms with Gasteiger partial charge >= 0.3 is 0 Å².